The highest BCUT2D eigenvalue weighted by Crippen LogP contribution is 2.52. The molecule has 2 aliphatic heterocycles. The molecule has 6 rings (SSSR count). The van der Waals surface area contributed by atoms with Crippen molar-refractivity contribution >= 4 is 23.2 Å². The minimum Gasteiger partial charge on any atom is -0.497 e. The molecule has 0 fully saturated rings. The van der Waals surface area contributed by atoms with Gasteiger partial charge in [-0.3, -0.25) is 0 Å². The lowest BCUT2D eigenvalue weighted by Gasteiger charge is -2.39. The summed E-state index contributed by atoms with van der Waals surface area (Å²) in [4.78, 5) is 4.48. The zero-order valence-corrected chi connectivity index (χ0v) is 19.3. The molecule has 3 heterocycles. The molecule has 34 heavy (non-hydrogen) atoms. The molecular formula is C26H21ClN4O3. The minimum atomic E-state index is -0.395. The van der Waals surface area contributed by atoms with Crippen LogP contribution in [0.15, 0.2) is 78.6 Å². The Morgan fingerprint density at radius 1 is 1.00 bits per heavy atom. The van der Waals surface area contributed by atoms with Gasteiger partial charge in [-0.2, -0.15) is 10.1 Å². The molecule has 0 saturated heterocycles. The molecule has 3 aromatic carbocycles. The first kappa shape index (κ1) is 20.6. The summed E-state index contributed by atoms with van der Waals surface area (Å²) in [7, 11) is 3.31. The Morgan fingerprint density at radius 3 is 2.62 bits per heavy atom. The average molecular weight is 473 g/mol. The van der Waals surface area contributed by atoms with Crippen molar-refractivity contribution in [1.29, 1.82) is 0 Å². The molecule has 8 heteroatoms. The van der Waals surface area contributed by atoms with Crippen LogP contribution in [0.25, 0.3) is 5.70 Å². The number of rotatable bonds is 4. The number of hydrogen-bond acceptors (Lipinski definition) is 6. The van der Waals surface area contributed by atoms with Crippen LogP contribution in [0.5, 0.6) is 17.2 Å². The minimum absolute atomic E-state index is 0.354. The van der Waals surface area contributed by atoms with Gasteiger partial charge in [-0.05, 0) is 48.0 Å². The predicted octanol–water partition coefficient (Wildman–Crippen LogP) is 5.51. The number of halogens is 1. The summed E-state index contributed by atoms with van der Waals surface area (Å²) in [5.41, 5.74) is 4.76. The molecule has 1 aromatic heterocycles. The number of anilines is 1. The summed E-state index contributed by atoms with van der Waals surface area (Å²) >= 11 is 6.20. The molecule has 170 valence electrons. The topological polar surface area (TPSA) is 70.4 Å². The average Bonchev–Trinajstić information content (AvgIpc) is 3.35. The molecule has 0 aliphatic carbocycles. The molecule has 2 atom stereocenters. The van der Waals surface area contributed by atoms with Gasteiger partial charge in [-0.25, -0.2) is 4.68 Å². The zero-order chi connectivity index (χ0) is 23.2. The lowest BCUT2D eigenvalue weighted by atomic mass is 9.84. The highest BCUT2D eigenvalue weighted by Gasteiger charge is 2.42. The third kappa shape index (κ3) is 3.20. The Hall–Kier alpha value is -3.97. The number of nitrogens with zero attached hydrogens (tertiary/aromatic N) is 3. The van der Waals surface area contributed by atoms with Crippen LogP contribution in [0.2, 0.25) is 5.02 Å². The lowest BCUT2D eigenvalue weighted by molar-refractivity contribution is 0.222. The van der Waals surface area contributed by atoms with E-state index < -0.39 is 6.10 Å². The molecule has 0 spiro atoms. The van der Waals surface area contributed by atoms with Crippen LogP contribution in [0.1, 0.15) is 28.8 Å². The first-order chi connectivity index (χ1) is 16.7. The van der Waals surface area contributed by atoms with Crippen molar-refractivity contribution in [2.75, 3.05) is 19.5 Å². The Balaban J connectivity index is 1.65. The first-order valence-corrected chi connectivity index (χ1v) is 11.2. The van der Waals surface area contributed by atoms with E-state index in [9.17, 15) is 0 Å². The van der Waals surface area contributed by atoms with E-state index in [1.165, 1.54) is 0 Å². The van der Waals surface area contributed by atoms with Gasteiger partial charge in [0.1, 0.15) is 35.7 Å². The number of hydrogen-bond donors (Lipinski definition) is 1. The predicted molar refractivity (Wildman–Crippen MR) is 130 cm³/mol. The van der Waals surface area contributed by atoms with Crippen molar-refractivity contribution < 1.29 is 14.2 Å². The Morgan fingerprint density at radius 2 is 1.82 bits per heavy atom. The quantitative estimate of drug-likeness (QED) is 0.422. The van der Waals surface area contributed by atoms with Gasteiger partial charge in [0, 0.05) is 21.7 Å². The fourth-order valence-electron chi connectivity index (χ4n) is 4.68. The van der Waals surface area contributed by atoms with E-state index in [1.54, 1.807) is 20.5 Å². The van der Waals surface area contributed by atoms with Crippen LogP contribution >= 0.6 is 11.6 Å². The standard InChI is InChI=1S/C26H21ClN4O3/c1-32-17-11-12-20(33-2)19(13-17)24-22-23(30-26-28-14-29-31(24)26)18-5-3-4-6-21(18)34-25(22)15-7-9-16(27)10-8-15/h3-14,24-25H,1-2H3,(H,28,29,30)/t24-,25+/m1/s1. The second-order valence-electron chi connectivity index (χ2n) is 8.04. The fourth-order valence-corrected chi connectivity index (χ4v) is 4.81. The maximum Gasteiger partial charge on any atom is 0.226 e. The summed E-state index contributed by atoms with van der Waals surface area (Å²) in [5.74, 6) is 2.87. The smallest absolute Gasteiger partial charge is 0.226 e. The van der Waals surface area contributed by atoms with Crippen LogP contribution in [-0.2, 0) is 0 Å². The highest BCUT2D eigenvalue weighted by atomic mass is 35.5. The molecule has 0 amide bonds. The molecule has 7 nitrogen and oxygen atoms in total. The Bertz CT molecular complexity index is 1410. The van der Waals surface area contributed by atoms with Crippen LogP contribution < -0.4 is 19.5 Å². The van der Waals surface area contributed by atoms with Gasteiger partial charge < -0.3 is 19.5 Å². The first-order valence-electron chi connectivity index (χ1n) is 10.8. The second kappa shape index (κ2) is 8.11. The van der Waals surface area contributed by atoms with Gasteiger partial charge in [-0.1, -0.05) is 35.9 Å². The maximum atomic E-state index is 6.63. The second-order valence-corrected chi connectivity index (χ2v) is 8.48. The van der Waals surface area contributed by atoms with Crippen molar-refractivity contribution in [2.24, 2.45) is 0 Å². The van der Waals surface area contributed by atoms with E-state index in [2.05, 4.69) is 15.4 Å². The summed E-state index contributed by atoms with van der Waals surface area (Å²) < 4.78 is 19.8. The van der Waals surface area contributed by atoms with Crippen molar-refractivity contribution in [3.8, 4) is 17.2 Å². The van der Waals surface area contributed by atoms with E-state index in [0.29, 0.717) is 11.0 Å². The van der Waals surface area contributed by atoms with Crippen molar-refractivity contribution in [3.63, 3.8) is 0 Å². The number of ether oxygens (including phenoxy) is 3. The van der Waals surface area contributed by atoms with Crippen molar-refractivity contribution in [3.05, 3.63) is 100 Å². The van der Waals surface area contributed by atoms with Crippen LogP contribution in [0.4, 0.5) is 5.95 Å². The Kier molecular flexibility index (Phi) is 4.92. The number of methoxy groups -OCH3 is 2. The summed E-state index contributed by atoms with van der Waals surface area (Å²) in [6.07, 6.45) is 1.15. The molecular weight excluding hydrogens is 452 g/mol. The van der Waals surface area contributed by atoms with Crippen LogP contribution in [-0.4, -0.2) is 29.0 Å². The molecule has 0 saturated carbocycles. The van der Waals surface area contributed by atoms with Gasteiger partial charge >= 0.3 is 0 Å². The number of nitrogens with one attached hydrogen (secondary N) is 1. The number of fused-ring (bicyclic) bond motifs is 3. The molecule has 4 aromatic rings. The van der Waals surface area contributed by atoms with E-state index in [1.807, 2.05) is 71.4 Å². The van der Waals surface area contributed by atoms with E-state index in [0.717, 1.165) is 45.2 Å². The zero-order valence-electron chi connectivity index (χ0n) is 18.5. The van der Waals surface area contributed by atoms with Crippen LogP contribution in [0, 0.1) is 0 Å². The monoisotopic (exact) mass is 472 g/mol. The van der Waals surface area contributed by atoms with Crippen LogP contribution in [0.3, 0.4) is 0 Å². The molecule has 2 aliphatic rings. The lowest BCUT2D eigenvalue weighted by Crippen LogP contribution is -2.32. The summed E-state index contributed by atoms with van der Waals surface area (Å²) in [6.45, 7) is 0. The van der Waals surface area contributed by atoms with Gasteiger partial charge in [0.2, 0.25) is 5.95 Å². The van der Waals surface area contributed by atoms with Gasteiger partial charge in [0.25, 0.3) is 0 Å². The number of para-hydroxylation sites is 1. The molecule has 0 bridgehead atoms. The maximum absolute atomic E-state index is 6.63. The highest BCUT2D eigenvalue weighted by molar-refractivity contribution is 6.30. The Labute approximate surface area is 201 Å². The van der Waals surface area contributed by atoms with Gasteiger partial charge in [0.05, 0.1) is 19.9 Å². The normalized spacial score (nSPS) is 18.2. The molecule has 0 unspecified atom stereocenters. The summed E-state index contributed by atoms with van der Waals surface area (Å²) in [5, 5.41) is 8.74. The summed E-state index contributed by atoms with van der Waals surface area (Å²) in [6, 6.07) is 21.1. The number of aromatic nitrogens is 3. The third-order valence-electron chi connectivity index (χ3n) is 6.23. The van der Waals surface area contributed by atoms with Gasteiger partial charge in [0.15, 0.2) is 0 Å². The third-order valence-corrected chi connectivity index (χ3v) is 6.48. The van der Waals surface area contributed by atoms with Crippen molar-refractivity contribution in [1.82, 2.24) is 14.8 Å². The largest absolute Gasteiger partial charge is 0.497 e. The van der Waals surface area contributed by atoms with E-state index >= 15 is 0 Å². The number of benzene rings is 3. The molecule has 0 radical (unpaired) electrons. The van der Waals surface area contributed by atoms with E-state index in [4.69, 9.17) is 25.8 Å². The van der Waals surface area contributed by atoms with E-state index in [-0.39, 0.29) is 6.04 Å². The molecule has 1 N–H and O–H groups in total. The van der Waals surface area contributed by atoms with Crippen molar-refractivity contribution in [2.45, 2.75) is 12.1 Å². The SMILES string of the molecule is COc1ccc(OC)c([C@@H]2C3=C(Nc4ncnn42)c2ccccc2O[C@H]3c2ccc(Cl)cc2)c1. The fraction of sp³-hybridized carbons (Fsp3) is 0.154. The van der Waals surface area contributed by atoms with Gasteiger partial charge in [-0.15, -0.1) is 0 Å².